The number of guanidine groups is 1. The molecule has 1 aliphatic rings. The summed E-state index contributed by atoms with van der Waals surface area (Å²) in [7, 11) is 0. The summed E-state index contributed by atoms with van der Waals surface area (Å²) < 4.78 is 5.38. The highest BCUT2D eigenvalue weighted by Crippen LogP contribution is 2.16. The van der Waals surface area contributed by atoms with Crippen molar-refractivity contribution >= 4 is 11.6 Å². The van der Waals surface area contributed by atoms with E-state index in [1.54, 1.807) is 18.4 Å². The highest BCUT2D eigenvalue weighted by atomic mass is 16.6. The van der Waals surface area contributed by atoms with Gasteiger partial charge in [0.25, 0.3) is 5.69 Å². The molecular formula is C22H31N5O3. The van der Waals surface area contributed by atoms with E-state index in [0.717, 1.165) is 30.8 Å². The van der Waals surface area contributed by atoms with Gasteiger partial charge in [-0.1, -0.05) is 18.6 Å². The molecule has 0 saturated carbocycles. The molecule has 0 spiro atoms. The van der Waals surface area contributed by atoms with Crippen molar-refractivity contribution in [2.24, 2.45) is 4.99 Å². The van der Waals surface area contributed by atoms with E-state index in [4.69, 9.17) is 4.42 Å². The predicted molar refractivity (Wildman–Crippen MR) is 117 cm³/mol. The SMILES string of the molecule is CC1CCCCN1CCCNC(=NCc1ccc([N+](=O)[O-])cc1)NCc1ccco1. The lowest BCUT2D eigenvalue weighted by Gasteiger charge is -2.33. The Hall–Kier alpha value is -2.87. The summed E-state index contributed by atoms with van der Waals surface area (Å²) in [4.78, 5) is 17.6. The number of rotatable bonds is 9. The van der Waals surface area contributed by atoms with Gasteiger partial charge in [-0.3, -0.25) is 10.1 Å². The summed E-state index contributed by atoms with van der Waals surface area (Å²) in [5, 5.41) is 17.5. The molecule has 2 aromatic rings. The number of furan rings is 1. The van der Waals surface area contributed by atoms with Gasteiger partial charge >= 0.3 is 0 Å². The van der Waals surface area contributed by atoms with Gasteiger partial charge in [-0.05, 0) is 50.4 Å². The van der Waals surface area contributed by atoms with Crippen molar-refractivity contribution in [1.29, 1.82) is 0 Å². The average Bonchev–Trinajstić information content (AvgIpc) is 3.27. The van der Waals surface area contributed by atoms with E-state index < -0.39 is 4.92 Å². The molecule has 0 radical (unpaired) electrons. The van der Waals surface area contributed by atoms with E-state index >= 15 is 0 Å². The summed E-state index contributed by atoms with van der Waals surface area (Å²) in [6, 6.07) is 10.9. The first-order valence-corrected chi connectivity index (χ1v) is 10.6. The fourth-order valence-corrected chi connectivity index (χ4v) is 3.63. The summed E-state index contributed by atoms with van der Waals surface area (Å²) in [6.07, 6.45) is 6.62. The molecule has 162 valence electrons. The first-order chi connectivity index (χ1) is 14.6. The van der Waals surface area contributed by atoms with Crippen LogP contribution < -0.4 is 10.6 Å². The number of nitrogens with one attached hydrogen (secondary N) is 2. The van der Waals surface area contributed by atoms with Crippen LogP contribution >= 0.6 is 0 Å². The predicted octanol–water partition coefficient (Wildman–Crippen LogP) is 3.69. The molecule has 0 bridgehead atoms. The highest BCUT2D eigenvalue weighted by molar-refractivity contribution is 5.79. The quantitative estimate of drug-likeness (QED) is 0.214. The third-order valence-electron chi connectivity index (χ3n) is 5.43. The van der Waals surface area contributed by atoms with Crippen molar-refractivity contribution in [3.63, 3.8) is 0 Å². The number of piperidine rings is 1. The van der Waals surface area contributed by atoms with Gasteiger partial charge in [-0.2, -0.15) is 0 Å². The van der Waals surface area contributed by atoms with Gasteiger partial charge in [0.15, 0.2) is 5.96 Å². The van der Waals surface area contributed by atoms with Crippen molar-refractivity contribution in [2.75, 3.05) is 19.6 Å². The van der Waals surface area contributed by atoms with Crippen molar-refractivity contribution in [2.45, 2.75) is 51.7 Å². The minimum absolute atomic E-state index is 0.0870. The molecule has 8 nitrogen and oxygen atoms in total. The molecule has 1 fully saturated rings. The third kappa shape index (κ3) is 6.88. The topological polar surface area (TPSA) is 95.9 Å². The standard InChI is InChI=1S/C22H31N5O3/c1-18-6-2-3-13-26(18)14-5-12-23-22(25-17-21-7-4-15-30-21)24-16-19-8-10-20(11-9-19)27(28)29/h4,7-11,15,18H,2-3,5-6,12-14,16-17H2,1H3,(H2,23,24,25). The maximum Gasteiger partial charge on any atom is 0.269 e. The van der Waals surface area contributed by atoms with Crippen molar-refractivity contribution in [3.8, 4) is 0 Å². The summed E-state index contributed by atoms with van der Waals surface area (Å²) in [6.45, 7) is 6.40. The van der Waals surface area contributed by atoms with Crippen LogP contribution in [0.2, 0.25) is 0 Å². The summed E-state index contributed by atoms with van der Waals surface area (Å²) in [5.74, 6) is 1.54. The van der Waals surface area contributed by atoms with E-state index in [0.29, 0.717) is 25.1 Å². The molecule has 1 aromatic heterocycles. The van der Waals surface area contributed by atoms with Gasteiger partial charge in [0.1, 0.15) is 5.76 Å². The molecule has 30 heavy (non-hydrogen) atoms. The number of hydrogen-bond acceptors (Lipinski definition) is 5. The Kier molecular flexibility index (Phi) is 8.26. The van der Waals surface area contributed by atoms with Gasteiger partial charge in [-0.15, -0.1) is 0 Å². The Bertz CT molecular complexity index is 805. The average molecular weight is 414 g/mol. The highest BCUT2D eigenvalue weighted by Gasteiger charge is 2.17. The number of nitro benzene ring substituents is 1. The molecule has 1 aromatic carbocycles. The molecule has 3 rings (SSSR count). The van der Waals surface area contributed by atoms with Crippen LogP contribution in [0.1, 0.15) is 43.9 Å². The maximum absolute atomic E-state index is 10.8. The van der Waals surface area contributed by atoms with Crippen LogP contribution in [0, 0.1) is 10.1 Å². The Morgan fingerprint density at radius 3 is 2.80 bits per heavy atom. The molecule has 1 atom stereocenters. The van der Waals surface area contributed by atoms with E-state index in [1.807, 2.05) is 12.1 Å². The number of nitro groups is 1. The minimum Gasteiger partial charge on any atom is -0.467 e. The summed E-state index contributed by atoms with van der Waals surface area (Å²) in [5.41, 5.74) is 1.01. The largest absolute Gasteiger partial charge is 0.467 e. The number of aliphatic imine (C=N–C) groups is 1. The molecule has 2 N–H and O–H groups in total. The number of benzene rings is 1. The first-order valence-electron chi connectivity index (χ1n) is 10.6. The Balaban J connectivity index is 1.52. The number of non-ortho nitro benzene ring substituents is 1. The van der Waals surface area contributed by atoms with Gasteiger partial charge in [-0.25, -0.2) is 4.99 Å². The lowest BCUT2D eigenvalue weighted by atomic mass is 10.0. The minimum atomic E-state index is -0.395. The molecule has 1 saturated heterocycles. The van der Waals surface area contributed by atoms with E-state index in [1.165, 1.54) is 37.9 Å². The monoisotopic (exact) mass is 413 g/mol. The molecule has 0 aliphatic carbocycles. The lowest BCUT2D eigenvalue weighted by molar-refractivity contribution is -0.384. The van der Waals surface area contributed by atoms with Gasteiger partial charge in [0.05, 0.1) is 24.3 Å². The van der Waals surface area contributed by atoms with Gasteiger partial charge in [0.2, 0.25) is 0 Å². The fourth-order valence-electron chi connectivity index (χ4n) is 3.63. The fraction of sp³-hybridized carbons (Fsp3) is 0.500. The van der Waals surface area contributed by atoms with Gasteiger partial charge in [0, 0.05) is 31.3 Å². The second kappa shape index (κ2) is 11.3. The van der Waals surface area contributed by atoms with Gasteiger partial charge < -0.3 is 20.0 Å². The van der Waals surface area contributed by atoms with Crippen LogP contribution in [-0.2, 0) is 13.1 Å². The normalized spacial score (nSPS) is 17.6. The van der Waals surface area contributed by atoms with E-state index in [9.17, 15) is 10.1 Å². The first kappa shape index (κ1) is 21.8. The van der Waals surface area contributed by atoms with Crippen LogP contribution in [-0.4, -0.2) is 41.5 Å². The maximum atomic E-state index is 10.8. The Morgan fingerprint density at radius 2 is 2.10 bits per heavy atom. The molecule has 2 heterocycles. The molecule has 8 heteroatoms. The van der Waals surface area contributed by atoms with Crippen LogP contribution in [0.15, 0.2) is 52.1 Å². The second-order valence-corrected chi connectivity index (χ2v) is 7.68. The van der Waals surface area contributed by atoms with E-state index in [-0.39, 0.29) is 5.69 Å². The lowest BCUT2D eigenvalue weighted by Crippen LogP contribution is -2.41. The van der Waals surface area contributed by atoms with Crippen LogP contribution in [0.5, 0.6) is 0 Å². The molecule has 0 amide bonds. The molecule has 1 aliphatic heterocycles. The summed E-state index contributed by atoms with van der Waals surface area (Å²) >= 11 is 0. The molecular weight excluding hydrogens is 382 g/mol. The van der Waals surface area contributed by atoms with Crippen LogP contribution in [0.3, 0.4) is 0 Å². The zero-order chi connectivity index (χ0) is 21.2. The van der Waals surface area contributed by atoms with Crippen LogP contribution in [0.25, 0.3) is 0 Å². The number of likely N-dealkylation sites (tertiary alicyclic amines) is 1. The van der Waals surface area contributed by atoms with Crippen molar-refractivity contribution in [3.05, 3.63) is 64.1 Å². The van der Waals surface area contributed by atoms with Crippen molar-refractivity contribution in [1.82, 2.24) is 15.5 Å². The Morgan fingerprint density at radius 1 is 1.27 bits per heavy atom. The number of hydrogen-bond donors (Lipinski definition) is 2. The van der Waals surface area contributed by atoms with Crippen molar-refractivity contribution < 1.29 is 9.34 Å². The number of nitrogens with zero attached hydrogens (tertiary/aromatic N) is 3. The zero-order valence-corrected chi connectivity index (χ0v) is 17.5. The second-order valence-electron chi connectivity index (χ2n) is 7.68. The van der Waals surface area contributed by atoms with Crippen LogP contribution in [0.4, 0.5) is 5.69 Å². The zero-order valence-electron chi connectivity index (χ0n) is 17.5. The Labute approximate surface area is 177 Å². The smallest absolute Gasteiger partial charge is 0.269 e. The third-order valence-corrected chi connectivity index (χ3v) is 5.43. The molecule has 1 unspecified atom stereocenters. The van der Waals surface area contributed by atoms with E-state index in [2.05, 4.69) is 27.4 Å².